The van der Waals surface area contributed by atoms with E-state index >= 15 is 0 Å². The van der Waals surface area contributed by atoms with Crippen molar-refractivity contribution in [2.24, 2.45) is 5.92 Å². The second-order valence-corrected chi connectivity index (χ2v) is 9.93. The normalized spacial score (nSPS) is 24.9. The van der Waals surface area contributed by atoms with Gasteiger partial charge in [0.25, 0.3) is 5.91 Å². The van der Waals surface area contributed by atoms with Gasteiger partial charge in [-0.1, -0.05) is 18.2 Å². The zero-order valence-corrected chi connectivity index (χ0v) is 21.2. The predicted molar refractivity (Wildman–Crippen MR) is 132 cm³/mol. The van der Waals surface area contributed by atoms with Crippen LogP contribution < -0.4 is 4.74 Å². The third-order valence-electron chi connectivity index (χ3n) is 7.71. The molecular weight excluding hydrogens is 446 g/mol. The second kappa shape index (κ2) is 11.4. The van der Waals surface area contributed by atoms with Crippen LogP contribution in [0.25, 0.3) is 0 Å². The molecule has 35 heavy (non-hydrogen) atoms. The molecule has 3 heterocycles. The van der Waals surface area contributed by atoms with Gasteiger partial charge in [-0.3, -0.25) is 14.4 Å². The van der Waals surface area contributed by atoms with Gasteiger partial charge in [0, 0.05) is 39.0 Å². The van der Waals surface area contributed by atoms with Crippen LogP contribution >= 0.6 is 0 Å². The molecule has 8 nitrogen and oxygen atoms in total. The number of hydrogen-bond acceptors (Lipinski definition) is 5. The number of piperidine rings is 1. The minimum atomic E-state index is -1.01. The maximum Gasteiger partial charge on any atom is 0.256 e. The van der Waals surface area contributed by atoms with E-state index in [0.717, 1.165) is 25.0 Å². The van der Waals surface area contributed by atoms with E-state index in [9.17, 15) is 14.4 Å². The molecule has 1 spiro atoms. The molecule has 2 saturated heterocycles. The van der Waals surface area contributed by atoms with E-state index in [0.29, 0.717) is 71.7 Å². The summed E-state index contributed by atoms with van der Waals surface area (Å²) in [6, 6.07) is 8.11. The summed E-state index contributed by atoms with van der Waals surface area (Å²) in [4.78, 5) is 44.4. The summed E-state index contributed by atoms with van der Waals surface area (Å²) in [6.45, 7) is 7.40. The number of likely N-dealkylation sites (N-methyl/N-ethyl adjacent to an activating group) is 1. The number of hydrogen-bond donors (Lipinski definition) is 0. The van der Waals surface area contributed by atoms with Gasteiger partial charge in [-0.05, 0) is 57.1 Å². The highest BCUT2D eigenvalue weighted by Crippen LogP contribution is 2.31. The zero-order chi connectivity index (χ0) is 24.8. The van der Waals surface area contributed by atoms with Crippen LogP contribution in [0.1, 0.15) is 51.5 Å². The molecule has 1 atom stereocenters. The molecule has 0 aliphatic carbocycles. The van der Waals surface area contributed by atoms with Crippen molar-refractivity contribution >= 4 is 17.7 Å². The molecule has 0 radical (unpaired) electrons. The average molecular weight is 486 g/mol. The first kappa shape index (κ1) is 25.5. The number of fused-ring (bicyclic) bond motifs is 1. The van der Waals surface area contributed by atoms with Crippen LogP contribution in [0.3, 0.4) is 0 Å². The number of carbonyl (C=O) groups is 3. The summed E-state index contributed by atoms with van der Waals surface area (Å²) < 4.78 is 12.3. The van der Waals surface area contributed by atoms with Crippen LogP contribution in [-0.4, -0.2) is 90.5 Å². The van der Waals surface area contributed by atoms with Crippen molar-refractivity contribution < 1.29 is 23.9 Å². The predicted octanol–water partition coefficient (Wildman–Crippen LogP) is 2.50. The lowest BCUT2D eigenvalue weighted by Crippen LogP contribution is -2.62. The fraction of sp³-hybridized carbons (Fsp3) is 0.667. The fourth-order valence-corrected chi connectivity index (χ4v) is 5.59. The molecule has 3 aliphatic rings. The number of ether oxygens (including phenoxy) is 2. The Morgan fingerprint density at radius 3 is 2.54 bits per heavy atom. The van der Waals surface area contributed by atoms with E-state index in [-0.39, 0.29) is 23.6 Å². The Hall–Kier alpha value is -2.61. The third-order valence-corrected chi connectivity index (χ3v) is 7.71. The van der Waals surface area contributed by atoms with Crippen molar-refractivity contribution in [3.05, 3.63) is 29.8 Å². The largest absolute Gasteiger partial charge is 0.491 e. The van der Waals surface area contributed by atoms with E-state index in [1.54, 1.807) is 11.8 Å². The average Bonchev–Trinajstić information content (AvgIpc) is 2.88. The van der Waals surface area contributed by atoms with Crippen LogP contribution in [-0.2, 0) is 25.5 Å². The Kier molecular flexibility index (Phi) is 8.31. The number of benzene rings is 1. The van der Waals surface area contributed by atoms with Gasteiger partial charge in [-0.15, -0.1) is 0 Å². The highest BCUT2D eigenvalue weighted by atomic mass is 16.5. The molecule has 1 unspecified atom stereocenters. The fourth-order valence-electron chi connectivity index (χ4n) is 5.59. The monoisotopic (exact) mass is 485 g/mol. The van der Waals surface area contributed by atoms with Crippen LogP contribution in [0.2, 0.25) is 0 Å². The highest BCUT2D eigenvalue weighted by Gasteiger charge is 2.47. The molecule has 4 rings (SSSR count). The smallest absolute Gasteiger partial charge is 0.256 e. The number of likely N-dealkylation sites (tertiary alicyclic amines) is 1. The molecule has 0 N–H and O–H groups in total. The molecule has 0 bridgehead atoms. The molecule has 192 valence electrons. The third kappa shape index (κ3) is 5.80. The summed E-state index contributed by atoms with van der Waals surface area (Å²) in [5.41, 5.74) is 0.178. The van der Waals surface area contributed by atoms with Crippen molar-refractivity contribution in [1.82, 2.24) is 14.7 Å². The summed E-state index contributed by atoms with van der Waals surface area (Å²) >= 11 is 0. The highest BCUT2D eigenvalue weighted by molar-refractivity contribution is 5.87. The van der Waals surface area contributed by atoms with Crippen LogP contribution in [0.4, 0.5) is 0 Å². The van der Waals surface area contributed by atoms with Crippen molar-refractivity contribution in [3.8, 4) is 5.75 Å². The lowest BCUT2D eigenvalue weighted by Gasteiger charge is -2.45. The standard InChI is InChI=1S/C27H39N3O5/c1-3-28-16-18-34-24-10-5-4-8-22(24)9-6-7-13-27(26(28)33)20-30(17-19-35-27)25(32)23-11-14-29(15-12-23)21(2)31/h4-5,8,10,23H,3,6-7,9,11-20H2,1-2H3. The maximum absolute atomic E-state index is 13.8. The number of nitrogens with zero attached hydrogens (tertiary/aromatic N) is 3. The van der Waals surface area contributed by atoms with Gasteiger partial charge < -0.3 is 24.2 Å². The van der Waals surface area contributed by atoms with Crippen molar-refractivity contribution in [3.63, 3.8) is 0 Å². The molecule has 1 aromatic rings. The lowest BCUT2D eigenvalue weighted by atomic mass is 9.89. The van der Waals surface area contributed by atoms with Gasteiger partial charge in [0.15, 0.2) is 5.60 Å². The van der Waals surface area contributed by atoms with Gasteiger partial charge >= 0.3 is 0 Å². The second-order valence-electron chi connectivity index (χ2n) is 9.93. The van der Waals surface area contributed by atoms with E-state index in [1.807, 2.05) is 34.9 Å². The zero-order valence-electron chi connectivity index (χ0n) is 21.2. The Balaban J connectivity index is 1.48. The van der Waals surface area contributed by atoms with Crippen molar-refractivity contribution in [2.45, 2.75) is 58.0 Å². The number of rotatable bonds is 2. The molecular formula is C27H39N3O5. The molecule has 8 heteroatoms. The van der Waals surface area contributed by atoms with Crippen molar-refractivity contribution in [2.75, 3.05) is 52.5 Å². The molecule has 3 amide bonds. The number of amides is 3. The van der Waals surface area contributed by atoms with Crippen molar-refractivity contribution in [1.29, 1.82) is 0 Å². The molecule has 3 aliphatic heterocycles. The Morgan fingerprint density at radius 1 is 1.03 bits per heavy atom. The molecule has 0 aromatic heterocycles. The Morgan fingerprint density at radius 2 is 1.80 bits per heavy atom. The van der Waals surface area contributed by atoms with Crippen LogP contribution in [0, 0.1) is 5.92 Å². The first-order chi connectivity index (χ1) is 16.9. The summed E-state index contributed by atoms with van der Waals surface area (Å²) in [5, 5.41) is 0. The van der Waals surface area contributed by atoms with Gasteiger partial charge in [-0.2, -0.15) is 0 Å². The van der Waals surface area contributed by atoms with E-state index in [4.69, 9.17) is 9.47 Å². The summed E-state index contributed by atoms with van der Waals surface area (Å²) in [7, 11) is 0. The van der Waals surface area contributed by atoms with Gasteiger partial charge in [0.2, 0.25) is 11.8 Å². The minimum Gasteiger partial charge on any atom is -0.491 e. The van der Waals surface area contributed by atoms with E-state index < -0.39 is 5.60 Å². The van der Waals surface area contributed by atoms with Gasteiger partial charge in [0.05, 0.1) is 19.7 Å². The maximum atomic E-state index is 13.8. The topological polar surface area (TPSA) is 79.4 Å². The van der Waals surface area contributed by atoms with Crippen LogP contribution in [0.15, 0.2) is 24.3 Å². The Bertz CT molecular complexity index is 914. The SMILES string of the molecule is CCN1CCOc2ccccc2CCCCC2(CN(C(=O)C3CCN(C(C)=O)CC3)CCO2)C1=O. The number of para-hydroxylation sites is 1. The number of carbonyl (C=O) groups excluding carboxylic acids is 3. The quantitative estimate of drug-likeness (QED) is 0.643. The van der Waals surface area contributed by atoms with Gasteiger partial charge in [0.1, 0.15) is 12.4 Å². The first-order valence-corrected chi connectivity index (χ1v) is 13.1. The van der Waals surface area contributed by atoms with E-state index in [1.165, 1.54) is 5.56 Å². The summed E-state index contributed by atoms with van der Waals surface area (Å²) in [6.07, 6.45) is 4.58. The van der Waals surface area contributed by atoms with Gasteiger partial charge in [-0.25, -0.2) is 0 Å². The Labute approximate surface area is 208 Å². The number of morpholine rings is 1. The minimum absolute atomic E-state index is 0.0404. The van der Waals surface area contributed by atoms with E-state index in [2.05, 4.69) is 6.07 Å². The number of aryl methyl sites for hydroxylation is 1. The molecule has 2 fully saturated rings. The molecule has 0 saturated carbocycles. The lowest BCUT2D eigenvalue weighted by molar-refractivity contribution is -0.178. The molecule has 1 aromatic carbocycles. The van der Waals surface area contributed by atoms with Crippen LogP contribution in [0.5, 0.6) is 5.75 Å². The summed E-state index contributed by atoms with van der Waals surface area (Å²) in [5.74, 6) is 0.907. The first-order valence-electron chi connectivity index (χ1n) is 13.1.